The number of nitrogens with one attached hydrogen (secondary N) is 2. The van der Waals surface area contributed by atoms with Gasteiger partial charge in [0.05, 0.1) is 20.2 Å². The van der Waals surface area contributed by atoms with Gasteiger partial charge < -0.3 is 24.5 Å². The first-order valence-electron chi connectivity index (χ1n) is 11.2. The highest BCUT2D eigenvalue weighted by Gasteiger charge is 2.28. The van der Waals surface area contributed by atoms with Gasteiger partial charge in [0.15, 0.2) is 0 Å². The molecule has 2 aromatic carbocycles. The standard InChI is InChI=1S/C25H35N5O4/c1-28(15-13-21-9-11-23(34-3)12-10-21)20-24(26-14-17-31)30(29(2)16-18-32)25(33)27-19-22-7-5-4-6-8-22/h4-12,17-18,24,26H,13-16,19-20H2,1-3H3,(H,27,33). The number of ether oxygens (including phenoxy) is 1. The van der Waals surface area contributed by atoms with Crippen molar-refractivity contribution in [3.63, 3.8) is 0 Å². The predicted octanol–water partition coefficient (Wildman–Crippen LogP) is 1.54. The summed E-state index contributed by atoms with van der Waals surface area (Å²) < 4.78 is 5.20. The minimum absolute atomic E-state index is 0.0353. The van der Waals surface area contributed by atoms with E-state index in [1.54, 1.807) is 19.2 Å². The van der Waals surface area contributed by atoms with Crippen molar-refractivity contribution in [2.75, 3.05) is 47.4 Å². The zero-order valence-corrected chi connectivity index (χ0v) is 20.1. The Morgan fingerprint density at radius 2 is 1.71 bits per heavy atom. The third-order valence-corrected chi connectivity index (χ3v) is 5.36. The molecule has 0 saturated heterocycles. The van der Waals surface area contributed by atoms with E-state index in [2.05, 4.69) is 15.5 Å². The van der Waals surface area contributed by atoms with Crippen molar-refractivity contribution in [1.82, 2.24) is 25.6 Å². The molecule has 0 aliphatic rings. The highest BCUT2D eigenvalue weighted by Crippen LogP contribution is 2.12. The van der Waals surface area contributed by atoms with Gasteiger partial charge in [-0.3, -0.25) is 5.32 Å². The van der Waals surface area contributed by atoms with E-state index in [0.717, 1.165) is 36.9 Å². The zero-order chi connectivity index (χ0) is 24.8. The van der Waals surface area contributed by atoms with Gasteiger partial charge in [0, 0.05) is 26.7 Å². The number of urea groups is 1. The van der Waals surface area contributed by atoms with Crippen molar-refractivity contribution < 1.29 is 19.1 Å². The summed E-state index contributed by atoms with van der Waals surface area (Å²) in [5.41, 5.74) is 2.13. The Morgan fingerprint density at radius 3 is 2.32 bits per heavy atom. The second kappa shape index (κ2) is 14.8. The van der Waals surface area contributed by atoms with Crippen molar-refractivity contribution >= 4 is 18.6 Å². The smallest absolute Gasteiger partial charge is 0.333 e. The van der Waals surface area contributed by atoms with Gasteiger partial charge in [0.25, 0.3) is 0 Å². The molecule has 0 heterocycles. The highest BCUT2D eigenvalue weighted by atomic mass is 16.5. The van der Waals surface area contributed by atoms with E-state index in [-0.39, 0.29) is 19.1 Å². The molecule has 0 bridgehead atoms. The molecule has 0 saturated carbocycles. The molecule has 0 aromatic heterocycles. The topological polar surface area (TPSA) is 94.2 Å². The molecule has 34 heavy (non-hydrogen) atoms. The molecule has 1 atom stereocenters. The van der Waals surface area contributed by atoms with Crippen molar-refractivity contribution in [2.45, 2.75) is 19.1 Å². The Morgan fingerprint density at radius 1 is 1.00 bits per heavy atom. The average Bonchev–Trinajstić information content (AvgIpc) is 2.86. The molecule has 0 spiro atoms. The number of hydrogen-bond donors (Lipinski definition) is 2. The van der Waals surface area contributed by atoms with Gasteiger partial charge in [0.1, 0.15) is 24.5 Å². The van der Waals surface area contributed by atoms with Crippen LogP contribution in [0.3, 0.4) is 0 Å². The number of likely N-dealkylation sites (N-methyl/N-ethyl adjacent to an activating group) is 2. The second-order valence-electron chi connectivity index (χ2n) is 7.95. The van der Waals surface area contributed by atoms with E-state index in [4.69, 9.17) is 4.74 Å². The molecule has 1 unspecified atom stereocenters. The van der Waals surface area contributed by atoms with Crippen LogP contribution in [-0.2, 0) is 22.6 Å². The number of nitrogens with zero attached hydrogens (tertiary/aromatic N) is 3. The summed E-state index contributed by atoms with van der Waals surface area (Å²) in [6.45, 7) is 1.65. The number of methoxy groups -OCH3 is 1. The molecule has 2 rings (SSSR count). The van der Waals surface area contributed by atoms with E-state index in [9.17, 15) is 14.4 Å². The molecule has 0 radical (unpaired) electrons. The lowest BCUT2D eigenvalue weighted by Gasteiger charge is -2.39. The van der Waals surface area contributed by atoms with Crippen LogP contribution >= 0.6 is 0 Å². The van der Waals surface area contributed by atoms with E-state index < -0.39 is 6.17 Å². The van der Waals surface area contributed by atoms with Crippen molar-refractivity contribution in [3.8, 4) is 5.75 Å². The molecular weight excluding hydrogens is 434 g/mol. The molecule has 0 aliphatic heterocycles. The van der Waals surface area contributed by atoms with Crippen LogP contribution in [0.25, 0.3) is 0 Å². The van der Waals surface area contributed by atoms with Crippen molar-refractivity contribution in [1.29, 1.82) is 0 Å². The summed E-state index contributed by atoms with van der Waals surface area (Å²) >= 11 is 0. The minimum Gasteiger partial charge on any atom is -0.497 e. The molecule has 184 valence electrons. The highest BCUT2D eigenvalue weighted by molar-refractivity contribution is 5.74. The number of rotatable bonds is 15. The lowest BCUT2D eigenvalue weighted by atomic mass is 10.1. The molecule has 2 N–H and O–H groups in total. The van der Waals surface area contributed by atoms with Crippen LogP contribution in [0, 0.1) is 0 Å². The van der Waals surface area contributed by atoms with Crippen LogP contribution < -0.4 is 15.4 Å². The number of amides is 2. The van der Waals surface area contributed by atoms with Gasteiger partial charge >= 0.3 is 6.03 Å². The normalized spacial score (nSPS) is 11.8. The Hall–Kier alpha value is -3.27. The van der Waals surface area contributed by atoms with Gasteiger partial charge in [-0.15, -0.1) is 0 Å². The minimum atomic E-state index is -0.521. The van der Waals surface area contributed by atoms with Crippen LogP contribution in [0.2, 0.25) is 0 Å². The molecular formula is C25H35N5O4. The van der Waals surface area contributed by atoms with E-state index in [0.29, 0.717) is 13.1 Å². The first-order valence-corrected chi connectivity index (χ1v) is 11.2. The maximum atomic E-state index is 13.2. The van der Waals surface area contributed by atoms with Gasteiger partial charge in [-0.25, -0.2) is 14.8 Å². The lowest BCUT2D eigenvalue weighted by molar-refractivity contribution is -0.113. The SMILES string of the molecule is COc1ccc(CCN(C)CC(NCC=O)N(C(=O)NCc2ccccc2)N(C)CC=O)cc1. The number of benzene rings is 2. The summed E-state index contributed by atoms with van der Waals surface area (Å²) in [4.78, 5) is 37.5. The first-order chi connectivity index (χ1) is 16.5. The third-order valence-electron chi connectivity index (χ3n) is 5.36. The predicted molar refractivity (Wildman–Crippen MR) is 131 cm³/mol. The number of hydrazine groups is 1. The fourth-order valence-corrected chi connectivity index (χ4v) is 3.50. The Kier molecular flexibility index (Phi) is 11.7. The Bertz CT molecular complexity index is 879. The van der Waals surface area contributed by atoms with Gasteiger partial charge in [-0.2, -0.15) is 0 Å². The maximum absolute atomic E-state index is 13.2. The number of carbonyl (C=O) groups is 3. The summed E-state index contributed by atoms with van der Waals surface area (Å²) in [6, 6.07) is 17.1. The van der Waals surface area contributed by atoms with Crippen LogP contribution in [0.1, 0.15) is 11.1 Å². The number of aldehydes is 2. The van der Waals surface area contributed by atoms with Crippen molar-refractivity contribution in [2.24, 2.45) is 0 Å². The van der Waals surface area contributed by atoms with Crippen LogP contribution in [0.5, 0.6) is 5.75 Å². The molecule has 2 amide bonds. The molecule has 2 aromatic rings. The molecule has 0 fully saturated rings. The number of carbonyl (C=O) groups excluding carboxylic acids is 3. The summed E-state index contributed by atoms with van der Waals surface area (Å²) in [7, 11) is 5.26. The van der Waals surface area contributed by atoms with Gasteiger partial charge in [-0.05, 0) is 36.7 Å². The lowest BCUT2D eigenvalue weighted by Crippen LogP contribution is -2.62. The van der Waals surface area contributed by atoms with Crippen molar-refractivity contribution in [3.05, 3.63) is 65.7 Å². The average molecular weight is 470 g/mol. The van der Waals surface area contributed by atoms with E-state index >= 15 is 0 Å². The first kappa shape index (κ1) is 27.0. The molecule has 0 aliphatic carbocycles. The largest absolute Gasteiger partial charge is 0.497 e. The fraction of sp³-hybridized carbons (Fsp3) is 0.400. The van der Waals surface area contributed by atoms with E-state index in [1.807, 2.05) is 61.6 Å². The van der Waals surface area contributed by atoms with Gasteiger partial charge in [0.2, 0.25) is 0 Å². The second-order valence-corrected chi connectivity index (χ2v) is 7.95. The Balaban J connectivity index is 2.07. The van der Waals surface area contributed by atoms with Crippen LogP contribution in [0.15, 0.2) is 54.6 Å². The quantitative estimate of drug-likeness (QED) is 0.232. The number of hydrogen-bond acceptors (Lipinski definition) is 7. The fourth-order valence-electron chi connectivity index (χ4n) is 3.50. The molecule has 9 heteroatoms. The summed E-state index contributed by atoms with van der Waals surface area (Å²) in [5, 5.41) is 9.03. The maximum Gasteiger partial charge on any atom is 0.333 e. The van der Waals surface area contributed by atoms with Crippen LogP contribution in [0.4, 0.5) is 4.79 Å². The van der Waals surface area contributed by atoms with E-state index in [1.165, 1.54) is 10.6 Å². The summed E-state index contributed by atoms with van der Waals surface area (Å²) in [6.07, 6.45) is 1.78. The van der Waals surface area contributed by atoms with Crippen LogP contribution in [-0.4, -0.2) is 87.1 Å². The molecule has 9 nitrogen and oxygen atoms in total. The zero-order valence-electron chi connectivity index (χ0n) is 20.1. The third kappa shape index (κ3) is 8.93. The van der Waals surface area contributed by atoms with Gasteiger partial charge in [-0.1, -0.05) is 42.5 Å². The summed E-state index contributed by atoms with van der Waals surface area (Å²) in [5.74, 6) is 0.811. The Labute approximate surface area is 201 Å². The monoisotopic (exact) mass is 469 g/mol.